The van der Waals surface area contributed by atoms with E-state index in [1.807, 2.05) is 7.05 Å². The average molecular weight is 360 g/mol. The summed E-state index contributed by atoms with van der Waals surface area (Å²) in [6.45, 7) is 7.60. The number of aliphatic hydroxyl groups excluding tert-OH is 1. The van der Waals surface area contributed by atoms with Crippen LogP contribution in [0.25, 0.3) is 0 Å². The molecule has 1 unspecified atom stereocenters. The molecule has 0 aromatic rings. The van der Waals surface area contributed by atoms with E-state index in [2.05, 4.69) is 25.8 Å². The minimum absolute atomic E-state index is 0.272. The predicted octanol–water partition coefficient (Wildman–Crippen LogP) is 4.52. The molecule has 0 amide bonds. The molecule has 3 nitrogen and oxygen atoms in total. The lowest BCUT2D eigenvalue weighted by atomic mass is 9.44. The Kier molecular flexibility index (Phi) is 4.61. The first-order valence-electron chi connectivity index (χ1n) is 11.0. The van der Waals surface area contributed by atoms with Crippen molar-refractivity contribution in [3.63, 3.8) is 0 Å². The molecule has 0 aliphatic heterocycles. The molecule has 4 rings (SSSR count). The van der Waals surface area contributed by atoms with Gasteiger partial charge in [-0.3, -0.25) is 9.79 Å². The summed E-state index contributed by atoms with van der Waals surface area (Å²) < 4.78 is 0. The Morgan fingerprint density at radius 2 is 1.81 bits per heavy atom. The van der Waals surface area contributed by atoms with Crippen molar-refractivity contribution in [2.75, 3.05) is 13.7 Å². The van der Waals surface area contributed by atoms with Crippen molar-refractivity contribution in [1.29, 1.82) is 0 Å². The Morgan fingerprint density at radius 3 is 2.50 bits per heavy atom. The maximum atomic E-state index is 12.4. The number of carbonyl (C=O) groups is 1. The smallest absolute Gasteiger partial charge is 0.176 e. The van der Waals surface area contributed by atoms with E-state index >= 15 is 0 Å². The molecule has 0 saturated heterocycles. The maximum absolute atomic E-state index is 12.4. The molecule has 0 aromatic heterocycles. The SMILES string of the molecule is CN=C1C(=O)CC[C@@]2(C)C1CC[C@H]1[C@@H]3CC[C@H]([C@H](C)CO)[C@@]3(C)CC[C@@H]12. The molecule has 0 radical (unpaired) electrons. The molecule has 4 fully saturated rings. The van der Waals surface area contributed by atoms with Crippen molar-refractivity contribution >= 4 is 11.5 Å². The highest BCUT2D eigenvalue weighted by atomic mass is 16.3. The number of ketones is 1. The van der Waals surface area contributed by atoms with Crippen LogP contribution in [0.3, 0.4) is 0 Å². The number of Topliss-reactive ketones (excluding diaryl/α,β-unsaturated/α-hetero) is 1. The van der Waals surface area contributed by atoms with E-state index in [-0.39, 0.29) is 5.41 Å². The zero-order valence-corrected chi connectivity index (χ0v) is 17.1. The molecule has 4 aliphatic carbocycles. The van der Waals surface area contributed by atoms with Crippen LogP contribution in [-0.4, -0.2) is 30.3 Å². The van der Waals surface area contributed by atoms with Gasteiger partial charge < -0.3 is 5.11 Å². The number of hydrogen-bond donors (Lipinski definition) is 1. The first kappa shape index (κ1) is 18.7. The lowest BCUT2D eigenvalue weighted by molar-refractivity contribution is -0.123. The minimum atomic E-state index is 0.272. The molecule has 1 N–H and O–H groups in total. The van der Waals surface area contributed by atoms with Gasteiger partial charge in [0, 0.05) is 26.0 Å². The number of aliphatic imine (C=N–C) groups is 1. The molecule has 0 heterocycles. The van der Waals surface area contributed by atoms with Gasteiger partial charge >= 0.3 is 0 Å². The molecule has 3 heteroatoms. The second-order valence-electron chi connectivity index (χ2n) is 10.4. The third-order valence-electron chi connectivity index (χ3n) is 9.66. The molecule has 146 valence electrons. The number of carbonyl (C=O) groups excluding carboxylic acids is 1. The molecule has 4 saturated carbocycles. The van der Waals surface area contributed by atoms with Crippen molar-refractivity contribution in [2.45, 2.75) is 72.1 Å². The van der Waals surface area contributed by atoms with Gasteiger partial charge in [0.2, 0.25) is 0 Å². The average Bonchev–Trinajstić information content (AvgIpc) is 2.99. The largest absolute Gasteiger partial charge is 0.396 e. The van der Waals surface area contributed by atoms with Crippen LogP contribution in [-0.2, 0) is 4.79 Å². The summed E-state index contributed by atoms with van der Waals surface area (Å²) in [6, 6.07) is 0. The summed E-state index contributed by atoms with van der Waals surface area (Å²) in [5.41, 5.74) is 1.59. The highest BCUT2D eigenvalue weighted by Gasteiger charge is 2.61. The van der Waals surface area contributed by atoms with E-state index in [9.17, 15) is 9.90 Å². The standard InChI is InChI=1S/C23H37NO2/c1-14(13-25)16-7-8-17-15-5-6-19-21(24-4)20(26)10-12-23(19,3)18(15)9-11-22(16,17)2/h14-19,25H,5-13H2,1-4H3/t14-,15+,16-,17+,18+,19?,22-,23-/m1/s1. The van der Waals surface area contributed by atoms with Crippen molar-refractivity contribution in [2.24, 2.45) is 51.3 Å². The van der Waals surface area contributed by atoms with Gasteiger partial charge in [0.1, 0.15) is 0 Å². The first-order valence-corrected chi connectivity index (χ1v) is 11.0. The van der Waals surface area contributed by atoms with Gasteiger partial charge in [-0.25, -0.2) is 0 Å². The second-order valence-corrected chi connectivity index (χ2v) is 10.4. The summed E-state index contributed by atoms with van der Waals surface area (Å²) in [4.78, 5) is 16.9. The van der Waals surface area contributed by atoms with Crippen molar-refractivity contribution in [3.8, 4) is 0 Å². The van der Waals surface area contributed by atoms with Crippen LogP contribution in [0.15, 0.2) is 4.99 Å². The second kappa shape index (κ2) is 6.43. The van der Waals surface area contributed by atoms with Gasteiger partial charge in [-0.05, 0) is 85.4 Å². The normalized spacial score (nSPS) is 50.9. The fourth-order valence-corrected chi connectivity index (χ4v) is 8.35. The van der Waals surface area contributed by atoms with Crippen LogP contribution in [0.5, 0.6) is 0 Å². The summed E-state index contributed by atoms with van der Waals surface area (Å²) >= 11 is 0. The van der Waals surface area contributed by atoms with Crippen LogP contribution in [0.4, 0.5) is 0 Å². The van der Waals surface area contributed by atoms with Gasteiger partial charge in [0.15, 0.2) is 5.78 Å². The zero-order valence-electron chi connectivity index (χ0n) is 17.1. The molecule has 8 atom stereocenters. The van der Waals surface area contributed by atoms with Gasteiger partial charge in [-0.1, -0.05) is 20.8 Å². The van der Waals surface area contributed by atoms with Crippen molar-refractivity contribution in [3.05, 3.63) is 0 Å². The van der Waals surface area contributed by atoms with Crippen LogP contribution in [0.1, 0.15) is 72.1 Å². The third kappa shape index (κ3) is 2.41. The maximum Gasteiger partial charge on any atom is 0.176 e. The van der Waals surface area contributed by atoms with E-state index < -0.39 is 0 Å². The third-order valence-corrected chi connectivity index (χ3v) is 9.66. The summed E-state index contributed by atoms with van der Waals surface area (Å²) in [7, 11) is 1.82. The van der Waals surface area contributed by atoms with E-state index in [1.165, 1.54) is 32.1 Å². The number of fused-ring (bicyclic) bond motifs is 5. The number of rotatable bonds is 2. The Labute approximate surface area is 159 Å². The van der Waals surface area contributed by atoms with Crippen molar-refractivity contribution in [1.82, 2.24) is 0 Å². The van der Waals surface area contributed by atoms with Crippen LogP contribution >= 0.6 is 0 Å². The number of hydrogen-bond acceptors (Lipinski definition) is 3. The summed E-state index contributed by atoms with van der Waals surface area (Å²) in [6.07, 6.45) is 9.47. The minimum Gasteiger partial charge on any atom is -0.396 e. The number of aliphatic hydroxyl groups is 1. The fraction of sp³-hybridized carbons (Fsp3) is 0.913. The highest BCUT2D eigenvalue weighted by Crippen LogP contribution is 2.67. The summed E-state index contributed by atoms with van der Waals surface area (Å²) in [5, 5.41) is 9.76. The molecule has 0 bridgehead atoms. The topological polar surface area (TPSA) is 49.7 Å². The van der Waals surface area contributed by atoms with E-state index in [0.29, 0.717) is 42.0 Å². The Balaban J connectivity index is 1.63. The van der Waals surface area contributed by atoms with Gasteiger partial charge in [0.25, 0.3) is 0 Å². The van der Waals surface area contributed by atoms with Gasteiger partial charge in [0.05, 0.1) is 5.71 Å². The molecule has 0 aromatic carbocycles. The molecule has 0 spiro atoms. The Morgan fingerprint density at radius 1 is 1.08 bits per heavy atom. The van der Waals surface area contributed by atoms with Crippen molar-refractivity contribution < 1.29 is 9.90 Å². The Bertz CT molecular complexity index is 613. The lowest BCUT2D eigenvalue weighted by Gasteiger charge is -2.60. The zero-order chi connectivity index (χ0) is 18.7. The van der Waals surface area contributed by atoms with Crippen LogP contribution in [0.2, 0.25) is 0 Å². The van der Waals surface area contributed by atoms with E-state index in [4.69, 9.17) is 0 Å². The quantitative estimate of drug-likeness (QED) is 0.788. The van der Waals surface area contributed by atoms with E-state index in [1.54, 1.807) is 0 Å². The molecule has 4 aliphatic rings. The van der Waals surface area contributed by atoms with Gasteiger partial charge in [-0.15, -0.1) is 0 Å². The first-order chi connectivity index (χ1) is 12.4. The van der Waals surface area contributed by atoms with Crippen LogP contribution < -0.4 is 0 Å². The summed E-state index contributed by atoms with van der Waals surface area (Å²) in [5.74, 6) is 4.21. The predicted molar refractivity (Wildman–Crippen MR) is 105 cm³/mol. The molecular formula is C23H37NO2. The highest BCUT2D eigenvalue weighted by molar-refractivity contribution is 6.41. The molecule has 26 heavy (non-hydrogen) atoms. The molecular weight excluding hydrogens is 322 g/mol. The van der Waals surface area contributed by atoms with E-state index in [0.717, 1.165) is 36.3 Å². The van der Waals surface area contributed by atoms with Gasteiger partial charge in [-0.2, -0.15) is 0 Å². The Hall–Kier alpha value is -0.700. The van der Waals surface area contributed by atoms with Crippen LogP contribution in [0, 0.1) is 46.3 Å². The number of nitrogens with zero attached hydrogens (tertiary/aromatic N) is 1. The lowest BCUT2D eigenvalue weighted by Crippen LogP contribution is -2.56. The fourth-order valence-electron chi connectivity index (χ4n) is 8.35. The monoisotopic (exact) mass is 359 g/mol.